The number of aliphatic imine (C=N–C) groups is 1. The summed E-state index contributed by atoms with van der Waals surface area (Å²) in [4.78, 5) is 16.3. The van der Waals surface area contributed by atoms with Crippen LogP contribution in [0.15, 0.2) is 46.0 Å². The summed E-state index contributed by atoms with van der Waals surface area (Å²) in [6.07, 6.45) is -2.92. The van der Waals surface area contributed by atoms with Gasteiger partial charge in [0.1, 0.15) is 0 Å². The number of alkyl halides is 3. The Hall–Kier alpha value is -3.14. The van der Waals surface area contributed by atoms with E-state index in [1.807, 2.05) is 0 Å². The van der Waals surface area contributed by atoms with Crippen molar-refractivity contribution in [2.75, 3.05) is 0 Å². The Bertz CT molecular complexity index is 1140. The van der Waals surface area contributed by atoms with Gasteiger partial charge in [0.25, 0.3) is 5.91 Å². The number of nitrogens with zero attached hydrogens (tertiary/aromatic N) is 4. The van der Waals surface area contributed by atoms with Crippen molar-refractivity contribution in [3.05, 3.63) is 58.4 Å². The van der Waals surface area contributed by atoms with Gasteiger partial charge in [-0.1, -0.05) is 6.07 Å². The van der Waals surface area contributed by atoms with Crippen LogP contribution in [-0.2, 0) is 11.0 Å². The highest BCUT2D eigenvalue weighted by Gasteiger charge is 2.33. The number of amides is 1. The molecular formula is C19H14F3N5OS. The topological polar surface area (TPSA) is 73.8 Å². The lowest BCUT2D eigenvalue weighted by atomic mass is 10.1. The number of hydrogen-bond acceptors (Lipinski definition) is 4. The maximum absolute atomic E-state index is 13.1. The molecule has 1 aromatic heterocycles. The maximum atomic E-state index is 13.1. The van der Waals surface area contributed by atoms with E-state index in [0.717, 1.165) is 23.9 Å². The van der Waals surface area contributed by atoms with Crippen molar-refractivity contribution in [2.24, 2.45) is 10.1 Å². The minimum Gasteiger partial charge on any atom is -0.318 e. The summed E-state index contributed by atoms with van der Waals surface area (Å²) in [6, 6.07) is 6.80. The van der Waals surface area contributed by atoms with Gasteiger partial charge in [0.05, 0.1) is 16.7 Å². The highest BCUT2D eigenvalue weighted by atomic mass is 32.2. The average molecular weight is 417 g/mol. The van der Waals surface area contributed by atoms with Crippen molar-refractivity contribution in [3.8, 4) is 5.69 Å². The van der Waals surface area contributed by atoms with Crippen LogP contribution in [0.25, 0.3) is 11.8 Å². The number of aromatic nitrogens is 1. The van der Waals surface area contributed by atoms with E-state index in [1.165, 1.54) is 22.7 Å². The lowest BCUT2D eigenvalue weighted by Crippen LogP contribution is -2.35. The van der Waals surface area contributed by atoms with E-state index in [9.17, 15) is 18.0 Å². The van der Waals surface area contributed by atoms with Crippen molar-refractivity contribution in [2.45, 2.75) is 20.0 Å². The van der Waals surface area contributed by atoms with E-state index in [-0.39, 0.29) is 11.4 Å². The van der Waals surface area contributed by atoms with Crippen molar-refractivity contribution in [3.63, 3.8) is 0 Å². The van der Waals surface area contributed by atoms with Gasteiger partial charge in [-0.05, 0) is 61.5 Å². The number of carbonyl (C=O) groups excluding carboxylic acids is 1. The van der Waals surface area contributed by atoms with Gasteiger partial charge in [-0.2, -0.15) is 28.3 Å². The van der Waals surface area contributed by atoms with Crippen molar-refractivity contribution >= 4 is 40.3 Å². The lowest BCUT2D eigenvalue weighted by Gasteiger charge is -2.20. The Labute approximate surface area is 167 Å². The monoisotopic (exact) mass is 417 g/mol. The normalized spacial score (nSPS) is 17.9. The standard InChI is InChI=1S/C19H14F3N5OS/c1-10-6-12(7-15-16(23)27-18(25-17(15)28)29-9-24-27)11(2)26(10)14-5-3-4-13(8-14)19(20,21)22/h3-9,23H,1-2H3/b15-7+,23-16?. The number of nitrogens with one attached hydrogen (secondary N) is 1. The van der Waals surface area contributed by atoms with Gasteiger partial charge < -0.3 is 4.57 Å². The first-order valence-electron chi connectivity index (χ1n) is 8.46. The second-order valence-corrected chi connectivity index (χ2v) is 7.28. The third kappa shape index (κ3) is 3.29. The Morgan fingerprint density at radius 1 is 1.21 bits per heavy atom. The predicted molar refractivity (Wildman–Crippen MR) is 106 cm³/mol. The molecule has 0 radical (unpaired) electrons. The third-order valence-electron chi connectivity index (χ3n) is 4.60. The molecule has 10 heteroatoms. The van der Waals surface area contributed by atoms with Crippen LogP contribution in [0.2, 0.25) is 0 Å². The zero-order valence-electron chi connectivity index (χ0n) is 15.3. The number of aryl methyl sites for hydroxylation is 1. The maximum Gasteiger partial charge on any atom is 0.416 e. The van der Waals surface area contributed by atoms with Gasteiger partial charge in [-0.25, -0.2) is 0 Å². The zero-order chi connectivity index (χ0) is 20.9. The zero-order valence-corrected chi connectivity index (χ0v) is 16.1. The SMILES string of the molecule is Cc1cc(/C=C2\C(=N)N3N=CSC3=NC2=O)c(C)n1-c1cccc(C(F)(F)F)c1. The molecule has 6 nitrogen and oxygen atoms in total. The second kappa shape index (κ2) is 6.73. The smallest absolute Gasteiger partial charge is 0.318 e. The minimum atomic E-state index is -4.44. The first-order chi connectivity index (χ1) is 13.7. The van der Waals surface area contributed by atoms with Crippen LogP contribution >= 0.6 is 11.8 Å². The van der Waals surface area contributed by atoms with Crippen LogP contribution in [-0.4, -0.2) is 32.0 Å². The van der Waals surface area contributed by atoms with Gasteiger partial charge in [0.2, 0.25) is 0 Å². The largest absolute Gasteiger partial charge is 0.416 e. The fraction of sp³-hybridized carbons (Fsp3) is 0.158. The molecule has 0 saturated heterocycles. The highest BCUT2D eigenvalue weighted by molar-refractivity contribution is 8.25. The Morgan fingerprint density at radius 3 is 2.69 bits per heavy atom. The fourth-order valence-electron chi connectivity index (χ4n) is 3.24. The summed E-state index contributed by atoms with van der Waals surface area (Å²) >= 11 is 1.15. The molecule has 1 amide bonds. The Morgan fingerprint density at radius 2 is 1.97 bits per heavy atom. The molecule has 4 rings (SSSR count). The van der Waals surface area contributed by atoms with E-state index in [2.05, 4.69) is 10.1 Å². The average Bonchev–Trinajstić information content (AvgIpc) is 3.22. The molecule has 0 bridgehead atoms. The molecule has 0 saturated carbocycles. The van der Waals surface area contributed by atoms with Gasteiger partial charge in [0.15, 0.2) is 11.0 Å². The van der Waals surface area contributed by atoms with Crippen LogP contribution in [0, 0.1) is 19.3 Å². The van der Waals surface area contributed by atoms with E-state index < -0.39 is 17.6 Å². The fourth-order valence-corrected chi connectivity index (χ4v) is 3.85. The third-order valence-corrected chi connectivity index (χ3v) is 5.27. The van der Waals surface area contributed by atoms with Gasteiger partial charge in [0, 0.05) is 17.1 Å². The predicted octanol–water partition coefficient (Wildman–Crippen LogP) is 4.36. The molecule has 2 aliphatic rings. The summed E-state index contributed by atoms with van der Waals surface area (Å²) < 4.78 is 40.9. The summed E-state index contributed by atoms with van der Waals surface area (Å²) in [5.74, 6) is -0.645. The molecule has 0 unspecified atom stereocenters. The quantitative estimate of drug-likeness (QED) is 0.738. The molecule has 0 fully saturated rings. The van der Waals surface area contributed by atoms with Crippen LogP contribution in [0.4, 0.5) is 13.2 Å². The molecule has 29 heavy (non-hydrogen) atoms. The van der Waals surface area contributed by atoms with Crippen molar-refractivity contribution in [1.82, 2.24) is 9.58 Å². The van der Waals surface area contributed by atoms with Crippen LogP contribution in [0.3, 0.4) is 0 Å². The van der Waals surface area contributed by atoms with Crippen molar-refractivity contribution in [1.29, 1.82) is 5.41 Å². The number of thioether (sulfide) groups is 1. The van der Waals surface area contributed by atoms with E-state index in [4.69, 9.17) is 5.41 Å². The number of carbonyl (C=O) groups is 1. The highest BCUT2D eigenvalue weighted by Crippen LogP contribution is 2.32. The molecule has 1 aromatic carbocycles. The van der Waals surface area contributed by atoms with Gasteiger partial charge in [-0.3, -0.25) is 10.2 Å². The lowest BCUT2D eigenvalue weighted by molar-refractivity contribution is -0.137. The number of hydrazone groups is 1. The molecule has 0 aliphatic carbocycles. The van der Waals surface area contributed by atoms with Gasteiger partial charge >= 0.3 is 6.18 Å². The van der Waals surface area contributed by atoms with E-state index in [0.29, 0.717) is 27.8 Å². The molecule has 0 atom stereocenters. The Balaban J connectivity index is 1.78. The summed E-state index contributed by atoms with van der Waals surface area (Å²) in [6.45, 7) is 3.51. The molecule has 148 valence electrons. The van der Waals surface area contributed by atoms with Crippen LogP contribution in [0.5, 0.6) is 0 Å². The number of fused-ring (bicyclic) bond motifs is 1. The number of amidine groups is 2. The van der Waals surface area contributed by atoms with Crippen LogP contribution in [0.1, 0.15) is 22.5 Å². The van der Waals surface area contributed by atoms with Gasteiger partial charge in [-0.15, -0.1) is 0 Å². The minimum absolute atomic E-state index is 0.0673. The number of rotatable bonds is 2. The molecule has 1 N–H and O–H groups in total. The van der Waals surface area contributed by atoms with E-state index >= 15 is 0 Å². The molecule has 0 spiro atoms. The molecule has 3 heterocycles. The first kappa shape index (κ1) is 19.2. The molecular weight excluding hydrogens is 403 g/mol. The number of hydrogen-bond donors (Lipinski definition) is 1. The molecule has 2 aliphatic heterocycles. The first-order valence-corrected chi connectivity index (χ1v) is 9.34. The summed E-state index contributed by atoms with van der Waals surface area (Å²) in [7, 11) is 0. The second-order valence-electron chi connectivity index (χ2n) is 6.47. The molecule has 2 aromatic rings. The Kier molecular flexibility index (Phi) is 4.45. The number of benzene rings is 1. The summed E-state index contributed by atoms with van der Waals surface area (Å²) in [5.41, 5.74) is 3.14. The van der Waals surface area contributed by atoms with Crippen LogP contribution < -0.4 is 0 Å². The number of halogens is 3. The van der Waals surface area contributed by atoms with Crippen molar-refractivity contribution < 1.29 is 18.0 Å². The summed E-state index contributed by atoms with van der Waals surface area (Å²) in [5, 5.41) is 13.8. The van der Waals surface area contributed by atoms with E-state index in [1.54, 1.807) is 30.5 Å².